The zero-order chi connectivity index (χ0) is 14.7. The lowest BCUT2D eigenvalue weighted by atomic mass is 10.2. The predicted octanol–water partition coefficient (Wildman–Crippen LogP) is 2.19. The third kappa shape index (κ3) is 3.31. The average molecular weight is 281 g/mol. The first-order valence-electron chi connectivity index (χ1n) is 6.41. The monoisotopic (exact) mass is 281 g/mol. The van der Waals surface area contributed by atoms with Crippen LogP contribution in [-0.4, -0.2) is 49.0 Å². The van der Waals surface area contributed by atoms with E-state index < -0.39 is 17.8 Å². The molecule has 0 bridgehead atoms. The summed E-state index contributed by atoms with van der Waals surface area (Å²) in [6, 6.07) is 3.13. The number of rotatable bonds is 4. The summed E-state index contributed by atoms with van der Waals surface area (Å²) >= 11 is 0. The molecule has 0 radical (unpaired) electrons. The van der Waals surface area contributed by atoms with Crippen LogP contribution in [0.1, 0.15) is 16.9 Å². The summed E-state index contributed by atoms with van der Waals surface area (Å²) < 4.78 is 26.7. The Labute approximate surface area is 116 Å². The highest BCUT2D eigenvalue weighted by atomic mass is 19.1. The summed E-state index contributed by atoms with van der Waals surface area (Å²) in [7, 11) is 3.26. The van der Waals surface area contributed by atoms with E-state index in [0.29, 0.717) is 19.5 Å². The number of anilines is 1. The number of carbonyl (C=O) groups excluding carboxylic acids is 1. The van der Waals surface area contributed by atoms with E-state index in [1.807, 2.05) is 4.90 Å². The zero-order valence-electron chi connectivity index (χ0n) is 11.5. The number of ketones is 1. The van der Waals surface area contributed by atoms with Crippen molar-refractivity contribution in [3.8, 4) is 0 Å². The van der Waals surface area contributed by atoms with Gasteiger partial charge in [0.05, 0.1) is 11.9 Å². The van der Waals surface area contributed by atoms with Gasteiger partial charge in [0.1, 0.15) is 11.9 Å². The highest BCUT2D eigenvalue weighted by Gasteiger charge is 2.22. The van der Waals surface area contributed by atoms with Gasteiger partial charge in [-0.3, -0.25) is 9.78 Å². The summed E-state index contributed by atoms with van der Waals surface area (Å²) in [6.45, 7) is 0.967. The van der Waals surface area contributed by atoms with Crippen molar-refractivity contribution in [1.82, 2.24) is 9.88 Å². The molecule has 0 unspecified atom stereocenters. The number of hydrogen-bond acceptors (Lipinski definition) is 4. The van der Waals surface area contributed by atoms with Gasteiger partial charge in [-0.05, 0) is 18.6 Å². The Morgan fingerprint density at radius 1 is 1.50 bits per heavy atom. The molecule has 2 rings (SSSR count). The van der Waals surface area contributed by atoms with Crippen molar-refractivity contribution in [2.45, 2.75) is 12.6 Å². The van der Waals surface area contributed by atoms with Crippen LogP contribution in [0.25, 0.3) is 0 Å². The molecular formula is C14H17F2N3O. The molecule has 4 nitrogen and oxygen atoms in total. The molecule has 1 aromatic heterocycles. The minimum Gasteiger partial charge on any atom is -0.381 e. The van der Waals surface area contributed by atoms with Crippen molar-refractivity contribution >= 4 is 11.5 Å². The van der Waals surface area contributed by atoms with Gasteiger partial charge >= 0.3 is 0 Å². The fraction of sp³-hybridized carbons (Fsp3) is 0.429. The fourth-order valence-electron chi connectivity index (χ4n) is 2.07. The third-order valence-electron chi connectivity index (χ3n) is 3.06. The molecule has 2 heterocycles. The molecule has 1 aliphatic rings. The van der Waals surface area contributed by atoms with Crippen molar-refractivity contribution in [2.75, 3.05) is 32.1 Å². The molecule has 0 aromatic carbocycles. The first-order valence-corrected chi connectivity index (χ1v) is 6.41. The molecule has 1 atom stereocenters. The minimum absolute atomic E-state index is 0.0420. The Hall–Kier alpha value is -1.98. The molecule has 0 saturated carbocycles. The molecule has 1 aromatic rings. The molecule has 0 amide bonds. The van der Waals surface area contributed by atoms with E-state index in [0.717, 1.165) is 11.9 Å². The summed E-state index contributed by atoms with van der Waals surface area (Å²) in [6.07, 6.45) is 2.26. The number of alkyl halides is 1. The highest BCUT2D eigenvalue weighted by Crippen LogP contribution is 2.21. The average Bonchev–Trinajstić information content (AvgIpc) is 2.84. The summed E-state index contributed by atoms with van der Waals surface area (Å²) in [5.74, 6) is -1.62. The van der Waals surface area contributed by atoms with Crippen molar-refractivity contribution in [3.63, 3.8) is 0 Å². The molecule has 1 fully saturated rings. The van der Waals surface area contributed by atoms with Gasteiger partial charge in [-0.2, -0.15) is 0 Å². The number of Topliss-reactive ketones (excluding diaryl/α,β-unsaturated/α-hetero) is 1. The lowest BCUT2D eigenvalue weighted by Gasteiger charge is -2.16. The Balaban J connectivity index is 2.10. The van der Waals surface area contributed by atoms with Crippen molar-refractivity contribution in [3.05, 3.63) is 36.1 Å². The van der Waals surface area contributed by atoms with Crippen molar-refractivity contribution in [1.29, 1.82) is 0 Å². The van der Waals surface area contributed by atoms with Crippen LogP contribution in [0, 0.1) is 0 Å². The van der Waals surface area contributed by atoms with E-state index in [1.165, 1.54) is 17.2 Å². The number of hydrogen-bond donors (Lipinski definition) is 0. The minimum atomic E-state index is -0.861. The van der Waals surface area contributed by atoms with E-state index in [9.17, 15) is 13.6 Å². The Bertz CT molecular complexity index is 514. The van der Waals surface area contributed by atoms with Crippen LogP contribution in [0.4, 0.5) is 14.5 Å². The largest absolute Gasteiger partial charge is 0.381 e. The standard InChI is InChI=1S/C14H17F2N3O/c1-18(2)9-12(16)14(20)13-4-3-11(7-17-13)19-6-5-10(15)8-19/h3-4,7,9-10H,5-6,8H2,1-2H3/b12-9+/t10-/m0/s1. The smallest absolute Gasteiger partial charge is 0.241 e. The van der Waals surface area contributed by atoms with Gasteiger partial charge in [-0.25, -0.2) is 8.78 Å². The van der Waals surface area contributed by atoms with Crippen LogP contribution in [0.5, 0.6) is 0 Å². The maximum absolute atomic E-state index is 13.6. The quantitative estimate of drug-likeness (QED) is 0.626. The zero-order valence-corrected chi connectivity index (χ0v) is 11.5. The number of carbonyl (C=O) groups is 1. The van der Waals surface area contributed by atoms with Crippen molar-refractivity contribution in [2.24, 2.45) is 0 Å². The van der Waals surface area contributed by atoms with E-state index in [1.54, 1.807) is 20.2 Å². The van der Waals surface area contributed by atoms with Crippen LogP contribution in [0.15, 0.2) is 30.4 Å². The molecule has 1 aliphatic heterocycles. The van der Waals surface area contributed by atoms with Crippen LogP contribution >= 0.6 is 0 Å². The second-order valence-electron chi connectivity index (χ2n) is 5.00. The molecule has 108 valence electrons. The SMILES string of the molecule is CN(C)/C=C(/F)C(=O)c1ccc(N2CC[C@H](F)C2)cn1. The molecule has 0 N–H and O–H groups in total. The van der Waals surface area contributed by atoms with E-state index in [2.05, 4.69) is 4.98 Å². The lowest BCUT2D eigenvalue weighted by Crippen LogP contribution is -2.20. The fourth-order valence-corrected chi connectivity index (χ4v) is 2.07. The van der Waals surface area contributed by atoms with Crippen LogP contribution in [0.3, 0.4) is 0 Å². The van der Waals surface area contributed by atoms with Crippen molar-refractivity contribution < 1.29 is 13.6 Å². The Kier molecular flexibility index (Phi) is 4.32. The van der Waals surface area contributed by atoms with Gasteiger partial charge in [0.25, 0.3) is 0 Å². The topological polar surface area (TPSA) is 36.4 Å². The number of halogens is 2. The van der Waals surface area contributed by atoms with Crippen LogP contribution in [0.2, 0.25) is 0 Å². The first kappa shape index (κ1) is 14.4. The van der Waals surface area contributed by atoms with Gasteiger partial charge < -0.3 is 9.80 Å². The lowest BCUT2D eigenvalue weighted by molar-refractivity contribution is 0.0997. The molecule has 20 heavy (non-hydrogen) atoms. The maximum atomic E-state index is 13.6. The Morgan fingerprint density at radius 3 is 2.75 bits per heavy atom. The van der Waals surface area contributed by atoms with E-state index in [4.69, 9.17) is 0 Å². The van der Waals surface area contributed by atoms with Gasteiger partial charge in [0.2, 0.25) is 5.78 Å². The molecule has 1 saturated heterocycles. The molecule has 0 spiro atoms. The summed E-state index contributed by atoms with van der Waals surface area (Å²) in [4.78, 5) is 19.0. The summed E-state index contributed by atoms with van der Waals surface area (Å²) in [5, 5.41) is 0. The summed E-state index contributed by atoms with van der Waals surface area (Å²) in [5.41, 5.74) is 0.791. The molecule has 0 aliphatic carbocycles. The van der Waals surface area contributed by atoms with E-state index >= 15 is 0 Å². The number of aromatic nitrogens is 1. The second kappa shape index (κ2) is 5.98. The molecule has 6 heteroatoms. The van der Waals surface area contributed by atoms with Crippen LogP contribution in [-0.2, 0) is 0 Å². The second-order valence-corrected chi connectivity index (χ2v) is 5.00. The normalized spacial score (nSPS) is 19.3. The Morgan fingerprint density at radius 2 is 2.25 bits per heavy atom. The molecular weight excluding hydrogens is 264 g/mol. The van der Waals surface area contributed by atoms with Gasteiger partial charge in [0.15, 0.2) is 5.83 Å². The number of nitrogens with zero attached hydrogens (tertiary/aromatic N) is 3. The van der Waals surface area contributed by atoms with E-state index in [-0.39, 0.29) is 5.69 Å². The van der Waals surface area contributed by atoms with Crippen LogP contribution < -0.4 is 4.90 Å². The van der Waals surface area contributed by atoms with Gasteiger partial charge in [-0.15, -0.1) is 0 Å². The first-order chi connectivity index (χ1) is 9.47. The number of pyridine rings is 1. The maximum Gasteiger partial charge on any atom is 0.241 e. The highest BCUT2D eigenvalue weighted by molar-refractivity contribution is 6.05. The van der Waals surface area contributed by atoms with Gasteiger partial charge in [0, 0.05) is 33.4 Å². The number of allylic oxidation sites excluding steroid dienone is 1. The predicted molar refractivity (Wildman–Crippen MR) is 73.2 cm³/mol. The third-order valence-corrected chi connectivity index (χ3v) is 3.06. The van der Waals surface area contributed by atoms with Gasteiger partial charge in [-0.1, -0.05) is 0 Å².